The van der Waals surface area contributed by atoms with Crippen LogP contribution in [-0.4, -0.2) is 100 Å². The summed E-state index contributed by atoms with van der Waals surface area (Å²) in [5.74, 6) is -6.89. The first-order valence-electron chi connectivity index (χ1n) is 17.8. The van der Waals surface area contributed by atoms with Crippen molar-refractivity contribution in [2.45, 2.75) is 137 Å². The van der Waals surface area contributed by atoms with Gasteiger partial charge in [-0.1, -0.05) is 55.4 Å². The summed E-state index contributed by atoms with van der Waals surface area (Å²) < 4.78 is 0. The molecule has 0 aromatic heterocycles. The van der Waals surface area contributed by atoms with Crippen LogP contribution in [0.25, 0.3) is 0 Å². The number of amides is 5. The lowest BCUT2D eigenvalue weighted by molar-refractivity contribution is -0.143. The van der Waals surface area contributed by atoms with Crippen molar-refractivity contribution in [2.75, 3.05) is 6.54 Å². The van der Waals surface area contributed by atoms with Gasteiger partial charge in [0.1, 0.15) is 30.2 Å². The third-order valence-corrected chi connectivity index (χ3v) is 7.65. The molecule has 6 atom stereocenters. The number of guanidine groups is 1. The average molecular weight is 742 g/mol. The Labute approximate surface area is 306 Å². The molecule has 0 radical (unpaired) electrons. The molecule has 13 N–H and O–H groups in total. The Morgan fingerprint density at radius 1 is 0.538 bits per heavy atom. The van der Waals surface area contributed by atoms with Crippen LogP contribution in [0.4, 0.5) is 0 Å². The Hall–Kier alpha value is -4.48. The first kappa shape index (κ1) is 47.5. The maximum absolute atomic E-state index is 13.8. The molecule has 0 aliphatic rings. The van der Waals surface area contributed by atoms with E-state index in [1.165, 1.54) is 0 Å². The fourth-order valence-electron chi connectivity index (χ4n) is 5.24. The topological polar surface area (TPSA) is 311 Å². The van der Waals surface area contributed by atoms with Crippen LogP contribution in [0.1, 0.15) is 100 Å². The molecule has 0 bridgehead atoms. The van der Waals surface area contributed by atoms with Crippen LogP contribution in [-0.2, 0) is 33.6 Å². The number of hydrogen-bond acceptors (Lipinski definition) is 9. The molecule has 18 heteroatoms. The molecule has 0 saturated carbocycles. The number of nitrogens with one attached hydrogen (secondary N) is 5. The molecule has 5 amide bonds. The van der Waals surface area contributed by atoms with Crippen LogP contribution in [0, 0.1) is 23.7 Å². The number of rotatable bonds is 25. The van der Waals surface area contributed by atoms with Gasteiger partial charge in [0.15, 0.2) is 5.96 Å². The quantitative estimate of drug-likeness (QED) is 0.0323. The summed E-state index contributed by atoms with van der Waals surface area (Å²) in [7, 11) is 0. The predicted molar refractivity (Wildman–Crippen MR) is 195 cm³/mol. The number of aliphatic carboxylic acids is 2. The molecule has 0 aromatic rings. The Morgan fingerprint density at radius 3 is 1.31 bits per heavy atom. The molecular formula is C34H63N9O9. The zero-order valence-corrected chi connectivity index (χ0v) is 31.9. The summed E-state index contributed by atoms with van der Waals surface area (Å²) in [6.07, 6.45) is 0.0906. The highest BCUT2D eigenvalue weighted by molar-refractivity contribution is 5.97. The number of nitrogens with two attached hydrogens (primary N) is 3. The van der Waals surface area contributed by atoms with E-state index in [9.17, 15) is 43.8 Å². The minimum Gasteiger partial charge on any atom is -0.481 e. The van der Waals surface area contributed by atoms with Crippen LogP contribution in [0.5, 0.6) is 0 Å². The highest BCUT2D eigenvalue weighted by Gasteiger charge is 2.34. The average Bonchev–Trinajstić information content (AvgIpc) is 2.99. The van der Waals surface area contributed by atoms with Crippen LogP contribution in [0.3, 0.4) is 0 Å². The fraction of sp³-hybridized carbons (Fsp3) is 0.765. The summed E-state index contributed by atoms with van der Waals surface area (Å²) >= 11 is 0. The summed E-state index contributed by atoms with van der Waals surface area (Å²) in [5.41, 5.74) is 16.7. The van der Waals surface area contributed by atoms with Crippen LogP contribution in [0.2, 0.25) is 0 Å². The van der Waals surface area contributed by atoms with Gasteiger partial charge in [0, 0.05) is 6.54 Å². The SMILES string of the molecule is CC(C)C[C@H](NC(=O)[C@H](CC(C)C)NC(=O)[C@H](CC(C)C)NC(=O)[C@H](CCCN=C(N)N)NC(=O)[C@H](CC(=O)O)NC(=O)[C@@H](N)CC(C)C)C(=O)O. The Bertz CT molecular complexity index is 1240. The molecular weight excluding hydrogens is 678 g/mol. The van der Waals surface area contributed by atoms with E-state index >= 15 is 0 Å². The van der Waals surface area contributed by atoms with Gasteiger partial charge in [0.25, 0.3) is 0 Å². The number of hydrogen-bond donors (Lipinski definition) is 10. The Balaban J connectivity index is 6.33. The van der Waals surface area contributed by atoms with E-state index in [0.717, 1.165) is 0 Å². The zero-order chi connectivity index (χ0) is 40.3. The highest BCUT2D eigenvalue weighted by Crippen LogP contribution is 2.12. The summed E-state index contributed by atoms with van der Waals surface area (Å²) in [4.78, 5) is 94.2. The van der Waals surface area contributed by atoms with Crippen molar-refractivity contribution in [2.24, 2.45) is 45.9 Å². The highest BCUT2D eigenvalue weighted by atomic mass is 16.4. The Kier molecular flexibility index (Phi) is 21.8. The van der Waals surface area contributed by atoms with Gasteiger partial charge >= 0.3 is 11.9 Å². The van der Waals surface area contributed by atoms with Crippen molar-refractivity contribution < 1.29 is 43.8 Å². The van der Waals surface area contributed by atoms with Crippen molar-refractivity contribution in [3.8, 4) is 0 Å². The number of nitrogens with zero attached hydrogens (tertiary/aromatic N) is 1. The van der Waals surface area contributed by atoms with Gasteiger partial charge in [-0.05, 0) is 62.2 Å². The number of carboxylic acid groups (broad SMARTS) is 2. The molecule has 0 heterocycles. The number of carbonyl (C=O) groups excluding carboxylic acids is 5. The second-order valence-corrected chi connectivity index (χ2v) is 14.8. The van der Waals surface area contributed by atoms with Crippen molar-refractivity contribution in [1.29, 1.82) is 0 Å². The number of carboxylic acids is 2. The van der Waals surface area contributed by atoms with Crippen molar-refractivity contribution in [1.82, 2.24) is 26.6 Å². The van der Waals surface area contributed by atoms with Gasteiger partial charge in [-0.3, -0.25) is 33.8 Å². The molecule has 0 fully saturated rings. The lowest BCUT2D eigenvalue weighted by atomic mass is 9.98. The molecule has 0 aromatic carbocycles. The zero-order valence-electron chi connectivity index (χ0n) is 31.9. The molecule has 0 unspecified atom stereocenters. The van der Waals surface area contributed by atoms with Gasteiger partial charge in [0.05, 0.1) is 12.5 Å². The van der Waals surface area contributed by atoms with Crippen molar-refractivity contribution in [3.05, 3.63) is 0 Å². The number of aliphatic imine (C=N–C) groups is 1. The first-order chi connectivity index (χ1) is 24.0. The van der Waals surface area contributed by atoms with Gasteiger partial charge in [-0.15, -0.1) is 0 Å². The van der Waals surface area contributed by atoms with E-state index in [-0.39, 0.29) is 74.7 Å². The van der Waals surface area contributed by atoms with Gasteiger partial charge in [-0.25, -0.2) is 4.79 Å². The van der Waals surface area contributed by atoms with E-state index in [1.54, 1.807) is 0 Å². The van der Waals surface area contributed by atoms with Crippen molar-refractivity contribution >= 4 is 47.4 Å². The molecule has 0 aliphatic carbocycles. The standard InChI is InChI=1S/C34H63N9O9/c1-17(2)12-21(35)28(46)40-25(16-27(44)45)32(50)39-22(10-9-11-38-34(36)37)29(47)41-23(13-18(3)4)30(48)42-24(14-19(5)6)31(49)43-26(33(51)52)15-20(7)8/h17-26H,9-16,35H2,1-8H3,(H,39,50)(H,40,46)(H,41,47)(H,42,48)(H,43,49)(H,44,45)(H,51,52)(H4,36,37,38)/t21-,22-,23-,24-,25-,26-/m0/s1. The van der Waals surface area contributed by atoms with Crippen LogP contribution < -0.4 is 43.8 Å². The molecule has 0 aliphatic heterocycles. The van der Waals surface area contributed by atoms with E-state index in [1.807, 2.05) is 55.4 Å². The molecule has 298 valence electrons. The maximum atomic E-state index is 13.8. The molecule has 0 spiro atoms. The Morgan fingerprint density at radius 2 is 0.904 bits per heavy atom. The van der Waals surface area contributed by atoms with Gasteiger partial charge in [0.2, 0.25) is 29.5 Å². The normalized spacial score (nSPS) is 14.8. The monoisotopic (exact) mass is 741 g/mol. The van der Waals surface area contributed by atoms with Crippen LogP contribution >= 0.6 is 0 Å². The van der Waals surface area contributed by atoms with E-state index in [0.29, 0.717) is 0 Å². The van der Waals surface area contributed by atoms with Crippen LogP contribution in [0.15, 0.2) is 4.99 Å². The lowest BCUT2D eigenvalue weighted by Crippen LogP contribution is -2.59. The summed E-state index contributed by atoms with van der Waals surface area (Å²) in [6.45, 7) is 14.7. The van der Waals surface area contributed by atoms with E-state index < -0.39 is 84.1 Å². The second-order valence-electron chi connectivity index (χ2n) is 14.8. The van der Waals surface area contributed by atoms with Gasteiger partial charge in [-0.2, -0.15) is 0 Å². The van der Waals surface area contributed by atoms with Crippen molar-refractivity contribution in [3.63, 3.8) is 0 Å². The van der Waals surface area contributed by atoms with E-state index in [2.05, 4.69) is 31.6 Å². The largest absolute Gasteiger partial charge is 0.481 e. The van der Waals surface area contributed by atoms with E-state index in [4.69, 9.17) is 17.2 Å². The lowest BCUT2D eigenvalue weighted by Gasteiger charge is -2.28. The number of carbonyl (C=O) groups is 7. The third kappa shape index (κ3) is 20.4. The van der Waals surface area contributed by atoms with Gasteiger partial charge < -0.3 is 54.0 Å². The molecule has 0 rings (SSSR count). The molecule has 18 nitrogen and oxygen atoms in total. The third-order valence-electron chi connectivity index (χ3n) is 7.65. The molecule has 0 saturated heterocycles. The first-order valence-corrected chi connectivity index (χ1v) is 17.8. The minimum atomic E-state index is -1.58. The summed E-state index contributed by atoms with van der Waals surface area (Å²) in [6, 6.07) is -7.40. The predicted octanol–water partition coefficient (Wildman–Crippen LogP) is -0.465. The summed E-state index contributed by atoms with van der Waals surface area (Å²) in [5, 5.41) is 31.8. The second kappa shape index (κ2) is 23.9. The minimum absolute atomic E-state index is 0.0313. The fourth-order valence-corrected chi connectivity index (χ4v) is 5.24. The molecule has 52 heavy (non-hydrogen) atoms. The smallest absolute Gasteiger partial charge is 0.326 e. The maximum Gasteiger partial charge on any atom is 0.326 e.